The van der Waals surface area contributed by atoms with Crippen LogP contribution in [0.2, 0.25) is 0 Å². The van der Waals surface area contributed by atoms with Crippen LogP contribution in [-0.4, -0.2) is 22.1 Å². The van der Waals surface area contributed by atoms with Crippen LogP contribution in [0.25, 0.3) is 0 Å². The first-order chi connectivity index (χ1) is 3.80. The Balaban J connectivity index is 2.35. The summed E-state index contributed by atoms with van der Waals surface area (Å²) < 4.78 is -0.296. The molecule has 0 aliphatic carbocycles. The standard InChI is InChI=1S/C4H5O2S2/c5-3(6)4-7-1-2-8-4/h4H,1-2H2. The van der Waals surface area contributed by atoms with Gasteiger partial charge in [0.25, 0.3) is 0 Å². The van der Waals surface area contributed by atoms with Crippen LogP contribution in [0.4, 0.5) is 0 Å². The van der Waals surface area contributed by atoms with Gasteiger partial charge in [-0.1, -0.05) is 0 Å². The molecule has 1 saturated heterocycles. The van der Waals surface area contributed by atoms with Crippen LogP contribution in [-0.2, 0) is 9.90 Å². The van der Waals surface area contributed by atoms with E-state index < -0.39 is 5.97 Å². The quantitative estimate of drug-likeness (QED) is 0.552. The van der Waals surface area contributed by atoms with Crippen molar-refractivity contribution >= 4 is 29.5 Å². The Hall–Kier alpha value is 0.170. The monoisotopic (exact) mass is 149 g/mol. The molecule has 1 aliphatic heterocycles. The van der Waals surface area contributed by atoms with Crippen LogP contribution in [0, 0.1) is 0 Å². The molecule has 1 radical (unpaired) electrons. The van der Waals surface area contributed by atoms with Gasteiger partial charge in [0.15, 0.2) is 4.58 Å². The lowest BCUT2D eigenvalue weighted by molar-refractivity contribution is -0.140. The summed E-state index contributed by atoms with van der Waals surface area (Å²) >= 11 is 2.90. The summed E-state index contributed by atoms with van der Waals surface area (Å²) in [7, 11) is 0. The molecule has 0 atom stereocenters. The maximum atomic E-state index is 10.0. The van der Waals surface area contributed by atoms with Gasteiger partial charge in [-0.05, 0) is 0 Å². The lowest BCUT2D eigenvalue weighted by atomic mass is 10.8. The molecule has 0 spiro atoms. The first kappa shape index (κ1) is 6.29. The van der Waals surface area contributed by atoms with E-state index >= 15 is 0 Å². The Bertz CT molecular complexity index is 98.2. The molecule has 2 nitrogen and oxygen atoms in total. The molecule has 45 valence electrons. The topological polar surface area (TPSA) is 37.0 Å². The Labute approximate surface area is 56.0 Å². The summed E-state index contributed by atoms with van der Waals surface area (Å²) in [6, 6.07) is 0. The van der Waals surface area contributed by atoms with Crippen molar-refractivity contribution in [2.45, 2.75) is 4.58 Å². The van der Waals surface area contributed by atoms with Crippen LogP contribution in [0.3, 0.4) is 0 Å². The Kier molecular flexibility index (Phi) is 2.08. The Morgan fingerprint density at radius 3 is 2.12 bits per heavy atom. The molecule has 1 heterocycles. The third-order valence-electron chi connectivity index (χ3n) is 0.814. The van der Waals surface area contributed by atoms with Gasteiger partial charge in [-0.25, -0.2) is 9.90 Å². The van der Waals surface area contributed by atoms with Crippen molar-refractivity contribution in [3.05, 3.63) is 0 Å². The summed E-state index contributed by atoms with van der Waals surface area (Å²) in [4.78, 5) is 10.0. The number of carbonyl (C=O) groups excluding carboxylic acids is 1. The average molecular weight is 149 g/mol. The molecule has 4 heteroatoms. The minimum Gasteiger partial charge on any atom is -0.245 e. The van der Waals surface area contributed by atoms with Gasteiger partial charge in [-0.2, -0.15) is 0 Å². The van der Waals surface area contributed by atoms with Crippen molar-refractivity contribution in [3.63, 3.8) is 0 Å². The summed E-state index contributed by atoms with van der Waals surface area (Å²) in [6.45, 7) is 0. The molecular formula is C4H5O2S2. The van der Waals surface area contributed by atoms with Gasteiger partial charge in [0.05, 0.1) is 0 Å². The van der Waals surface area contributed by atoms with E-state index in [9.17, 15) is 9.90 Å². The van der Waals surface area contributed by atoms with Crippen molar-refractivity contribution in [1.29, 1.82) is 0 Å². The van der Waals surface area contributed by atoms with Gasteiger partial charge in [0.2, 0.25) is 0 Å². The van der Waals surface area contributed by atoms with Crippen molar-refractivity contribution in [2.75, 3.05) is 11.5 Å². The van der Waals surface area contributed by atoms with Crippen molar-refractivity contribution in [1.82, 2.24) is 0 Å². The molecule has 1 rings (SSSR count). The maximum absolute atomic E-state index is 10.0. The van der Waals surface area contributed by atoms with E-state index in [4.69, 9.17) is 0 Å². The van der Waals surface area contributed by atoms with Crippen molar-refractivity contribution in [3.8, 4) is 0 Å². The molecule has 1 aliphatic rings. The largest absolute Gasteiger partial charge is 0.378 e. The normalized spacial score (nSPS) is 21.5. The fraction of sp³-hybridized carbons (Fsp3) is 0.750. The van der Waals surface area contributed by atoms with Crippen LogP contribution in [0.5, 0.6) is 0 Å². The average Bonchev–Trinajstić information content (AvgIpc) is 2.12. The summed E-state index contributed by atoms with van der Waals surface area (Å²) in [5.41, 5.74) is 0. The second-order valence-corrected chi connectivity index (χ2v) is 4.12. The highest BCUT2D eigenvalue weighted by atomic mass is 32.2. The molecule has 0 bridgehead atoms. The fourth-order valence-electron chi connectivity index (χ4n) is 0.494. The molecule has 0 amide bonds. The van der Waals surface area contributed by atoms with Gasteiger partial charge in [-0.3, -0.25) is 0 Å². The first-order valence-electron chi connectivity index (χ1n) is 2.25. The second kappa shape index (κ2) is 2.64. The summed E-state index contributed by atoms with van der Waals surface area (Å²) in [6.07, 6.45) is 0. The van der Waals surface area contributed by atoms with Crippen LogP contribution < -0.4 is 0 Å². The SMILES string of the molecule is [O]C(=O)C1SCCS1. The van der Waals surface area contributed by atoms with Crippen molar-refractivity contribution < 1.29 is 9.90 Å². The number of rotatable bonds is 1. The molecule has 0 saturated carbocycles. The third-order valence-corrected chi connectivity index (χ3v) is 3.76. The summed E-state index contributed by atoms with van der Waals surface area (Å²) in [5.74, 6) is 0.963. The van der Waals surface area contributed by atoms with Gasteiger partial charge in [-0.15, -0.1) is 23.5 Å². The zero-order chi connectivity index (χ0) is 5.98. The highest BCUT2D eigenvalue weighted by Crippen LogP contribution is 2.31. The van der Waals surface area contributed by atoms with E-state index in [2.05, 4.69) is 0 Å². The number of thioether (sulfide) groups is 2. The molecule has 0 aromatic rings. The fourth-order valence-corrected chi connectivity index (χ4v) is 2.93. The van der Waals surface area contributed by atoms with E-state index in [1.807, 2.05) is 0 Å². The number of carbonyl (C=O) groups is 1. The van der Waals surface area contributed by atoms with Crippen LogP contribution in [0.15, 0.2) is 0 Å². The van der Waals surface area contributed by atoms with Crippen LogP contribution in [0.1, 0.15) is 0 Å². The smallest absolute Gasteiger partial charge is 0.245 e. The van der Waals surface area contributed by atoms with E-state index in [-0.39, 0.29) is 4.58 Å². The highest BCUT2D eigenvalue weighted by Gasteiger charge is 2.24. The van der Waals surface area contributed by atoms with Gasteiger partial charge >= 0.3 is 5.97 Å². The first-order valence-corrected chi connectivity index (χ1v) is 4.34. The number of hydrogen-bond acceptors (Lipinski definition) is 3. The molecule has 1 fully saturated rings. The van der Waals surface area contributed by atoms with Gasteiger partial charge < -0.3 is 0 Å². The minimum absolute atomic E-state index is 0.296. The second-order valence-electron chi connectivity index (χ2n) is 1.39. The molecule has 0 N–H and O–H groups in total. The summed E-state index contributed by atoms with van der Waals surface area (Å²) in [5, 5.41) is 10.0. The molecule has 0 aromatic heterocycles. The minimum atomic E-state index is -0.933. The van der Waals surface area contributed by atoms with Crippen molar-refractivity contribution in [2.24, 2.45) is 0 Å². The zero-order valence-corrected chi connectivity index (χ0v) is 5.76. The predicted octanol–water partition coefficient (Wildman–Crippen LogP) is 0.750. The third kappa shape index (κ3) is 1.32. The lowest BCUT2D eigenvalue weighted by Crippen LogP contribution is -2.05. The Morgan fingerprint density at radius 1 is 1.38 bits per heavy atom. The maximum Gasteiger partial charge on any atom is 0.378 e. The highest BCUT2D eigenvalue weighted by molar-refractivity contribution is 8.21. The molecule has 8 heavy (non-hydrogen) atoms. The van der Waals surface area contributed by atoms with Gasteiger partial charge in [0, 0.05) is 11.5 Å². The Morgan fingerprint density at radius 2 is 1.88 bits per heavy atom. The van der Waals surface area contributed by atoms with E-state index in [0.29, 0.717) is 0 Å². The predicted molar refractivity (Wildman–Crippen MR) is 34.4 cm³/mol. The number of hydrogen-bond donors (Lipinski definition) is 0. The molecule has 0 aromatic carbocycles. The van der Waals surface area contributed by atoms with Gasteiger partial charge in [0.1, 0.15) is 0 Å². The zero-order valence-electron chi connectivity index (χ0n) is 4.12. The van der Waals surface area contributed by atoms with E-state index in [1.54, 1.807) is 0 Å². The van der Waals surface area contributed by atoms with E-state index in [1.165, 1.54) is 23.5 Å². The molecular weight excluding hydrogens is 144 g/mol. The van der Waals surface area contributed by atoms with E-state index in [0.717, 1.165) is 11.5 Å². The van der Waals surface area contributed by atoms with Crippen LogP contribution >= 0.6 is 23.5 Å². The molecule has 0 unspecified atom stereocenters. The lowest BCUT2D eigenvalue weighted by Gasteiger charge is -1.93.